The third-order valence-corrected chi connectivity index (χ3v) is 3.94. The molecule has 0 bridgehead atoms. The molecular weight excluding hydrogens is 369 g/mol. The highest BCUT2D eigenvalue weighted by Crippen LogP contribution is 2.34. The summed E-state index contributed by atoms with van der Waals surface area (Å²) < 4.78 is 39.2. The molecule has 0 saturated heterocycles. The van der Waals surface area contributed by atoms with Crippen LogP contribution in [0.25, 0.3) is 0 Å². The van der Waals surface area contributed by atoms with Crippen LogP contribution in [0.5, 0.6) is 0 Å². The zero-order valence-electron chi connectivity index (χ0n) is 14.9. The number of aromatic nitrogens is 2. The van der Waals surface area contributed by atoms with Gasteiger partial charge in [-0.25, -0.2) is 9.97 Å². The Labute approximate surface area is 159 Å². The van der Waals surface area contributed by atoms with E-state index in [2.05, 4.69) is 20.6 Å². The second-order valence-corrected chi connectivity index (χ2v) is 6.10. The minimum Gasteiger partial charge on any atom is -0.350 e. The second-order valence-electron chi connectivity index (χ2n) is 6.10. The van der Waals surface area contributed by atoms with Crippen LogP contribution in [-0.4, -0.2) is 15.9 Å². The fourth-order valence-corrected chi connectivity index (χ4v) is 2.48. The second kappa shape index (κ2) is 8.08. The number of amides is 1. The van der Waals surface area contributed by atoms with Gasteiger partial charge in [-0.05, 0) is 30.7 Å². The molecule has 2 aromatic carbocycles. The summed E-state index contributed by atoms with van der Waals surface area (Å²) in [6.45, 7) is 2.43. The molecule has 0 aliphatic heterocycles. The Bertz CT molecular complexity index is 972. The summed E-state index contributed by atoms with van der Waals surface area (Å²) in [6, 6.07) is 14.0. The number of hydrogen-bond acceptors (Lipinski definition) is 4. The number of carbonyl (C=O) groups excluding carboxylic acids is 1. The SMILES string of the molecule is Cc1ccc(CNc2nccc(C(=O)Nc3ccccc3C(F)(F)F)n2)cc1. The van der Waals surface area contributed by atoms with Crippen molar-refractivity contribution in [2.45, 2.75) is 19.6 Å². The molecule has 2 N–H and O–H groups in total. The summed E-state index contributed by atoms with van der Waals surface area (Å²) in [7, 11) is 0. The van der Waals surface area contributed by atoms with Crippen molar-refractivity contribution in [2.24, 2.45) is 0 Å². The van der Waals surface area contributed by atoms with Gasteiger partial charge in [0.2, 0.25) is 5.95 Å². The zero-order valence-corrected chi connectivity index (χ0v) is 14.9. The van der Waals surface area contributed by atoms with Crippen molar-refractivity contribution in [3.63, 3.8) is 0 Å². The van der Waals surface area contributed by atoms with Crippen LogP contribution < -0.4 is 10.6 Å². The Hall–Kier alpha value is -3.42. The van der Waals surface area contributed by atoms with E-state index in [9.17, 15) is 18.0 Å². The lowest BCUT2D eigenvalue weighted by molar-refractivity contribution is -0.136. The third-order valence-electron chi connectivity index (χ3n) is 3.94. The number of rotatable bonds is 5. The van der Waals surface area contributed by atoms with Crippen LogP contribution in [-0.2, 0) is 12.7 Å². The average Bonchev–Trinajstić information content (AvgIpc) is 2.67. The van der Waals surface area contributed by atoms with Gasteiger partial charge in [-0.1, -0.05) is 42.0 Å². The maximum absolute atomic E-state index is 13.1. The van der Waals surface area contributed by atoms with E-state index in [1.807, 2.05) is 31.2 Å². The first-order valence-corrected chi connectivity index (χ1v) is 8.43. The smallest absolute Gasteiger partial charge is 0.350 e. The Morgan fingerprint density at radius 3 is 2.46 bits per heavy atom. The van der Waals surface area contributed by atoms with Crippen LogP contribution in [0.15, 0.2) is 60.8 Å². The Balaban J connectivity index is 1.72. The highest BCUT2D eigenvalue weighted by Gasteiger charge is 2.33. The van der Waals surface area contributed by atoms with Gasteiger partial charge in [0.15, 0.2) is 0 Å². The highest BCUT2D eigenvalue weighted by molar-refractivity contribution is 6.03. The number of halogens is 3. The number of benzene rings is 2. The lowest BCUT2D eigenvalue weighted by Crippen LogP contribution is -2.18. The Morgan fingerprint density at radius 1 is 1.04 bits per heavy atom. The van der Waals surface area contributed by atoms with E-state index in [1.54, 1.807) is 0 Å². The van der Waals surface area contributed by atoms with Crippen molar-refractivity contribution in [1.82, 2.24) is 9.97 Å². The molecule has 0 aliphatic carbocycles. The molecule has 3 rings (SSSR count). The van der Waals surface area contributed by atoms with Crippen molar-refractivity contribution in [2.75, 3.05) is 10.6 Å². The lowest BCUT2D eigenvalue weighted by Gasteiger charge is -2.13. The molecular formula is C20H17F3N4O. The molecule has 0 saturated carbocycles. The van der Waals surface area contributed by atoms with Gasteiger partial charge in [0, 0.05) is 12.7 Å². The van der Waals surface area contributed by atoms with Gasteiger partial charge in [0.1, 0.15) is 5.69 Å². The molecule has 8 heteroatoms. The van der Waals surface area contributed by atoms with Crippen LogP contribution in [0.2, 0.25) is 0 Å². The molecule has 1 amide bonds. The van der Waals surface area contributed by atoms with E-state index in [1.165, 1.54) is 30.5 Å². The fourth-order valence-electron chi connectivity index (χ4n) is 2.48. The molecule has 0 unspecified atom stereocenters. The predicted octanol–water partition coefficient (Wildman–Crippen LogP) is 4.67. The van der Waals surface area contributed by atoms with Crippen LogP contribution in [0.4, 0.5) is 24.8 Å². The quantitative estimate of drug-likeness (QED) is 0.669. The van der Waals surface area contributed by atoms with E-state index in [0.717, 1.165) is 17.2 Å². The molecule has 1 heterocycles. The van der Waals surface area contributed by atoms with Crippen LogP contribution in [0.1, 0.15) is 27.2 Å². The molecule has 0 radical (unpaired) electrons. The van der Waals surface area contributed by atoms with Crippen molar-refractivity contribution in [3.8, 4) is 0 Å². The summed E-state index contributed by atoms with van der Waals surface area (Å²) in [5, 5.41) is 5.26. The maximum atomic E-state index is 13.1. The van der Waals surface area contributed by atoms with Gasteiger partial charge >= 0.3 is 6.18 Å². The van der Waals surface area contributed by atoms with Crippen LogP contribution in [0.3, 0.4) is 0 Å². The summed E-state index contributed by atoms with van der Waals surface area (Å²) >= 11 is 0. The van der Waals surface area contributed by atoms with Gasteiger partial charge in [0.05, 0.1) is 11.3 Å². The van der Waals surface area contributed by atoms with Crippen molar-refractivity contribution in [3.05, 3.63) is 83.2 Å². The number of anilines is 2. The molecule has 0 atom stereocenters. The van der Waals surface area contributed by atoms with Crippen molar-refractivity contribution >= 4 is 17.5 Å². The van der Waals surface area contributed by atoms with E-state index in [0.29, 0.717) is 6.54 Å². The molecule has 0 spiro atoms. The first-order chi connectivity index (χ1) is 13.3. The van der Waals surface area contributed by atoms with Gasteiger partial charge in [-0.2, -0.15) is 13.2 Å². The standard InChI is InChI=1S/C20H17F3N4O/c1-13-6-8-14(9-7-13)12-25-19-24-11-10-17(27-19)18(28)26-16-5-3-2-4-15(16)20(21,22)23/h2-11H,12H2,1H3,(H,26,28)(H,24,25,27). The first-order valence-electron chi connectivity index (χ1n) is 8.43. The Kier molecular flexibility index (Phi) is 5.58. The van der Waals surface area contributed by atoms with Gasteiger partial charge in [-0.15, -0.1) is 0 Å². The predicted molar refractivity (Wildman–Crippen MR) is 99.9 cm³/mol. The number of nitrogens with zero attached hydrogens (tertiary/aromatic N) is 2. The number of alkyl halides is 3. The zero-order chi connectivity index (χ0) is 20.1. The monoisotopic (exact) mass is 386 g/mol. The largest absolute Gasteiger partial charge is 0.418 e. The summed E-state index contributed by atoms with van der Waals surface area (Å²) in [5.41, 5.74) is 0.849. The van der Waals surface area contributed by atoms with E-state index in [4.69, 9.17) is 0 Å². The molecule has 3 aromatic rings. The van der Waals surface area contributed by atoms with Crippen LogP contribution in [0, 0.1) is 6.92 Å². The topological polar surface area (TPSA) is 66.9 Å². The van der Waals surface area contributed by atoms with Gasteiger partial charge < -0.3 is 10.6 Å². The van der Waals surface area contributed by atoms with E-state index in [-0.39, 0.29) is 17.3 Å². The minimum absolute atomic E-state index is 0.0432. The normalized spacial score (nSPS) is 11.1. The Morgan fingerprint density at radius 2 is 1.75 bits per heavy atom. The van der Waals surface area contributed by atoms with E-state index < -0.39 is 17.6 Å². The molecule has 0 aliphatic rings. The maximum Gasteiger partial charge on any atom is 0.418 e. The van der Waals surface area contributed by atoms with Crippen LogP contribution >= 0.6 is 0 Å². The van der Waals surface area contributed by atoms with E-state index >= 15 is 0 Å². The number of carbonyl (C=O) groups is 1. The first kappa shape index (κ1) is 19.3. The van der Waals surface area contributed by atoms with Crippen molar-refractivity contribution in [1.29, 1.82) is 0 Å². The third kappa shape index (κ3) is 4.85. The average molecular weight is 386 g/mol. The fraction of sp³-hybridized carbons (Fsp3) is 0.150. The number of hydrogen-bond donors (Lipinski definition) is 2. The lowest BCUT2D eigenvalue weighted by atomic mass is 10.1. The summed E-state index contributed by atoms with van der Waals surface area (Å²) in [6.07, 6.45) is -3.20. The number of aryl methyl sites for hydroxylation is 1. The highest BCUT2D eigenvalue weighted by atomic mass is 19.4. The molecule has 5 nitrogen and oxygen atoms in total. The van der Waals surface area contributed by atoms with Gasteiger partial charge in [0.25, 0.3) is 5.91 Å². The summed E-state index contributed by atoms with van der Waals surface area (Å²) in [4.78, 5) is 20.5. The van der Waals surface area contributed by atoms with Crippen molar-refractivity contribution < 1.29 is 18.0 Å². The van der Waals surface area contributed by atoms with Gasteiger partial charge in [-0.3, -0.25) is 4.79 Å². The minimum atomic E-state index is -4.57. The summed E-state index contributed by atoms with van der Waals surface area (Å²) in [5.74, 6) is -0.546. The molecule has 0 fully saturated rings. The molecule has 144 valence electrons. The number of para-hydroxylation sites is 1. The number of nitrogens with one attached hydrogen (secondary N) is 2. The molecule has 1 aromatic heterocycles. The molecule has 28 heavy (non-hydrogen) atoms.